The minimum Gasteiger partial charge on any atom is -0.492 e. The molecule has 0 radical (unpaired) electrons. The van der Waals surface area contributed by atoms with Gasteiger partial charge in [0.05, 0.1) is 33.5 Å². The maximum absolute atomic E-state index is 12.7. The van der Waals surface area contributed by atoms with Crippen LogP contribution >= 0.6 is 23.2 Å². The number of hydrogen-bond acceptors (Lipinski definition) is 4. The quantitative estimate of drug-likeness (QED) is 0.760. The topological polar surface area (TPSA) is 75.7 Å². The Labute approximate surface area is 166 Å². The summed E-state index contributed by atoms with van der Waals surface area (Å²) in [5, 5.41) is 3.04. The third-order valence-electron chi connectivity index (χ3n) is 4.17. The molecule has 0 bridgehead atoms. The van der Waals surface area contributed by atoms with Crippen molar-refractivity contribution in [1.29, 1.82) is 0 Å². The SMILES string of the molecule is CCOc1ccccc1NC(=O)[C@H](C)N1C(=O)c2cc(Cl)c(Cl)cc2C1=O. The number of carbonyl (C=O) groups excluding carboxylic acids is 3. The molecule has 0 spiro atoms. The maximum Gasteiger partial charge on any atom is 0.262 e. The number of rotatable bonds is 5. The molecule has 1 aliphatic rings. The first-order chi connectivity index (χ1) is 12.8. The third kappa shape index (κ3) is 3.50. The van der Waals surface area contributed by atoms with Crippen molar-refractivity contribution in [2.45, 2.75) is 19.9 Å². The van der Waals surface area contributed by atoms with E-state index in [2.05, 4.69) is 5.32 Å². The molecule has 0 aromatic heterocycles. The molecule has 3 amide bonds. The van der Waals surface area contributed by atoms with Gasteiger partial charge in [-0.2, -0.15) is 0 Å². The van der Waals surface area contributed by atoms with E-state index in [0.29, 0.717) is 18.0 Å². The van der Waals surface area contributed by atoms with Crippen molar-refractivity contribution in [3.63, 3.8) is 0 Å². The molecule has 0 saturated carbocycles. The van der Waals surface area contributed by atoms with Crippen LogP contribution in [0.15, 0.2) is 36.4 Å². The highest BCUT2D eigenvalue weighted by Crippen LogP contribution is 2.33. The van der Waals surface area contributed by atoms with Crippen LogP contribution in [-0.2, 0) is 4.79 Å². The number of anilines is 1. The first-order valence-corrected chi connectivity index (χ1v) is 9.00. The molecule has 0 unspecified atom stereocenters. The minimum absolute atomic E-state index is 0.128. The molecule has 1 atom stereocenters. The molecule has 140 valence electrons. The number of carbonyl (C=O) groups is 3. The molecule has 1 N–H and O–H groups in total. The van der Waals surface area contributed by atoms with E-state index in [4.69, 9.17) is 27.9 Å². The van der Waals surface area contributed by atoms with Crippen molar-refractivity contribution in [3.8, 4) is 5.75 Å². The van der Waals surface area contributed by atoms with Crippen LogP contribution in [0.2, 0.25) is 10.0 Å². The molecule has 3 rings (SSSR count). The van der Waals surface area contributed by atoms with Crippen molar-refractivity contribution in [2.24, 2.45) is 0 Å². The lowest BCUT2D eigenvalue weighted by Gasteiger charge is -2.22. The van der Waals surface area contributed by atoms with E-state index >= 15 is 0 Å². The largest absolute Gasteiger partial charge is 0.492 e. The van der Waals surface area contributed by atoms with Gasteiger partial charge in [0.25, 0.3) is 11.8 Å². The second-order valence-corrected chi connectivity index (χ2v) is 6.70. The van der Waals surface area contributed by atoms with Gasteiger partial charge < -0.3 is 10.1 Å². The van der Waals surface area contributed by atoms with Gasteiger partial charge in [0, 0.05) is 0 Å². The highest BCUT2D eigenvalue weighted by molar-refractivity contribution is 6.43. The van der Waals surface area contributed by atoms with E-state index in [0.717, 1.165) is 4.90 Å². The number of fused-ring (bicyclic) bond motifs is 1. The number of nitrogens with zero attached hydrogens (tertiary/aromatic N) is 1. The van der Waals surface area contributed by atoms with E-state index in [1.807, 2.05) is 6.92 Å². The van der Waals surface area contributed by atoms with Gasteiger partial charge in [0.15, 0.2) is 0 Å². The zero-order valence-electron chi connectivity index (χ0n) is 14.6. The molecule has 0 saturated heterocycles. The van der Waals surface area contributed by atoms with E-state index in [9.17, 15) is 14.4 Å². The van der Waals surface area contributed by atoms with Gasteiger partial charge in [-0.05, 0) is 38.1 Å². The fraction of sp³-hybridized carbons (Fsp3) is 0.211. The van der Waals surface area contributed by atoms with Crippen LogP contribution in [0.1, 0.15) is 34.6 Å². The zero-order chi connectivity index (χ0) is 19.7. The molecule has 27 heavy (non-hydrogen) atoms. The van der Waals surface area contributed by atoms with E-state index < -0.39 is 23.8 Å². The van der Waals surface area contributed by atoms with Gasteiger partial charge in [0.2, 0.25) is 5.91 Å². The zero-order valence-corrected chi connectivity index (χ0v) is 16.1. The average molecular weight is 407 g/mol. The van der Waals surface area contributed by atoms with Crippen molar-refractivity contribution in [3.05, 3.63) is 57.6 Å². The minimum atomic E-state index is -1.04. The summed E-state index contributed by atoms with van der Waals surface area (Å²) in [5.41, 5.74) is 0.714. The van der Waals surface area contributed by atoms with E-state index in [1.54, 1.807) is 24.3 Å². The molecule has 8 heteroatoms. The Bertz CT molecular complexity index is 904. The smallest absolute Gasteiger partial charge is 0.262 e. The van der Waals surface area contributed by atoms with Crippen molar-refractivity contribution in [2.75, 3.05) is 11.9 Å². The van der Waals surface area contributed by atoms with Gasteiger partial charge in [-0.15, -0.1) is 0 Å². The van der Waals surface area contributed by atoms with E-state index in [1.165, 1.54) is 19.1 Å². The molecular weight excluding hydrogens is 391 g/mol. The van der Waals surface area contributed by atoms with Crippen LogP contribution in [-0.4, -0.2) is 35.3 Å². The molecule has 0 aliphatic carbocycles. The van der Waals surface area contributed by atoms with Crippen molar-refractivity contribution in [1.82, 2.24) is 4.90 Å². The molecule has 1 heterocycles. The summed E-state index contributed by atoms with van der Waals surface area (Å²) in [6.45, 7) is 3.74. The molecule has 0 fully saturated rings. The van der Waals surface area contributed by atoms with Crippen LogP contribution in [0.25, 0.3) is 0 Å². The number of ether oxygens (including phenoxy) is 1. The summed E-state index contributed by atoms with van der Waals surface area (Å²) in [6, 6.07) is 8.57. The van der Waals surface area contributed by atoms with Crippen LogP contribution in [0, 0.1) is 0 Å². The molecule has 6 nitrogen and oxygen atoms in total. The normalized spacial score (nSPS) is 14.1. The van der Waals surface area contributed by atoms with Gasteiger partial charge in [0.1, 0.15) is 11.8 Å². The summed E-state index contributed by atoms with van der Waals surface area (Å²) in [6.07, 6.45) is 0. The predicted octanol–water partition coefficient (Wildman–Crippen LogP) is 4.02. The Morgan fingerprint density at radius 2 is 1.67 bits per heavy atom. The van der Waals surface area contributed by atoms with Crippen LogP contribution in [0.4, 0.5) is 5.69 Å². The monoisotopic (exact) mass is 406 g/mol. The Kier molecular flexibility index (Phi) is 5.39. The first kappa shape index (κ1) is 19.2. The summed E-state index contributed by atoms with van der Waals surface area (Å²) in [4.78, 5) is 38.8. The first-order valence-electron chi connectivity index (χ1n) is 8.24. The fourth-order valence-corrected chi connectivity index (χ4v) is 3.14. The highest BCUT2D eigenvalue weighted by atomic mass is 35.5. The van der Waals surface area contributed by atoms with Gasteiger partial charge in [-0.1, -0.05) is 35.3 Å². The van der Waals surface area contributed by atoms with Gasteiger partial charge in [-0.3, -0.25) is 19.3 Å². The predicted molar refractivity (Wildman–Crippen MR) is 103 cm³/mol. The summed E-state index contributed by atoms with van der Waals surface area (Å²) in [5.74, 6) is -1.20. The number of amides is 3. The number of hydrogen-bond donors (Lipinski definition) is 1. The second kappa shape index (κ2) is 7.58. The summed E-state index contributed by atoms with van der Waals surface area (Å²) in [7, 11) is 0. The van der Waals surface area contributed by atoms with Gasteiger partial charge >= 0.3 is 0 Å². The van der Waals surface area contributed by atoms with Crippen LogP contribution in [0.5, 0.6) is 5.75 Å². The van der Waals surface area contributed by atoms with Crippen molar-refractivity contribution >= 4 is 46.6 Å². The Balaban J connectivity index is 1.84. The number of imide groups is 1. The lowest BCUT2D eigenvalue weighted by Crippen LogP contribution is -2.45. The van der Waals surface area contributed by atoms with Crippen molar-refractivity contribution < 1.29 is 19.1 Å². The Morgan fingerprint density at radius 1 is 1.11 bits per heavy atom. The average Bonchev–Trinajstić information content (AvgIpc) is 2.87. The summed E-state index contributed by atoms with van der Waals surface area (Å²) >= 11 is 11.9. The number of benzene rings is 2. The fourth-order valence-electron chi connectivity index (χ4n) is 2.81. The second-order valence-electron chi connectivity index (χ2n) is 5.89. The number of para-hydroxylation sites is 2. The molecular formula is C19H16Cl2N2O4. The lowest BCUT2D eigenvalue weighted by atomic mass is 10.1. The highest BCUT2D eigenvalue weighted by Gasteiger charge is 2.41. The maximum atomic E-state index is 12.7. The number of halogens is 2. The standard InChI is InChI=1S/C19H16Cl2N2O4/c1-3-27-16-7-5-4-6-15(16)22-17(24)10(2)23-18(25)11-8-13(20)14(21)9-12(11)19(23)26/h4-10H,3H2,1-2H3,(H,22,24)/t10-/m0/s1. The third-order valence-corrected chi connectivity index (χ3v) is 4.89. The Hall–Kier alpha value is -2.57. The summed E-state index contributed by atoms with van der Waals surface area (Å²) < 4.78 is 5.47. The molecule has 2 aromatic carbocycles. The molecule has 2 aromatic rings. The van der Waals surface area contributed by atoms with Gasteiger partial charge in [-0.25, -0.2) is 0 Å². The molecule has 1 aliphatic heterocycles. The lowest BCUT2D eigenvalue weighted by molar-refractivity contribution is -0.119. The van der Waals surface area contributed by atoms with E-state index in [-0.39, 0.29) is 21.2 Å². The van der Waals surface area contributed by atoms with Crippen LogP contribution < -0.4 is 10.1 Å². The Morgan fingerprint density at radius 3 is 2.22 bits per heavy atom. The number of nitrogens with one attached hydrogen (secondary N) is 1. The van der Waals surface area contributed by atoms with Crippen LogP contribution in [0.3, 0.4) is 0 Å².